The monoisotopic (exact) mass is 411 g/mol. The lowest BCUT2D eigenvalue weighted by molar-refractivity contribution is 0.196. The molecule has 0 bridgehead atoms. The fraction of sp³-hybridized carbons (Fsp3) is 0.280. The molecule has 0 spiro atoms. The second-order valence-corrected chi connectivity index (χ2v) is 8.37. The molecular weight excluding hydrogens is 386 g/mol. The topological polar surface area (TPSA) is 74.8 Å². The highest BCUT2D eigenvalue weighted by Crippen LogP contribution is 2.26. The van der Waals surface area contributed by atoms with Crippen LogP contribution in [0.2, 0.25) is 0 Å². The fourth-order valence-electron chi connectivity index (χ4n) is 4.40. The van der Waals surface area contributed by atoms with Gasteiger partial charge in [-0.25, -0.2) is 15.0 Å². The van der Waals surface area contributed by atoms with Crippen molar-refractivity contribution in [2.75, 3.05) is 13.1 Å². The summed E-state index contributed by atoms with van der Waals surface area (Å²) in [6.45, 7) is 4.83. The van der Waals surface area contributed by atoms with E-state index in [1.165, 1.54) is 5.56 Å². The van der Waals surface area contributed by atoms with Crippen LogP contribution >= 0.6 is 0 Å². The van der Waals surface area contributed by atoms with Crippen molar-refractivity contribution in [2.24, 2.45) is 0 Å². The zero-order valence-corrected chi connectivity index (χ0v) is 17.6. The number of aromatic amines is 1. The summed E-state index contributed by atoms with van der Waals surface area (Å²) in [7, 11) is 0. The van der Waals surface area contributed by atoms with Gasteiger partial charge >= 0.3 is 0 Å². The normalized spacial score (nSPS) is 17.1. The summed E-state index contributed by atoms with van der Waals surface area (Å²) < 4.78 is 0. The number of fused-ring (bicyclic) bond motifs is 1. The molecule has 6 heteroatoms. The standard InChI is InChI=1S/C25H25N5O/c1-17-4-9-23-22(11-17)25(31)29-24(28-23)20-3-2-10-30(15-20)14-18-5-7-19(8-6-18)21-12-26-16-27-13-21/h4-9,11-13,16,20H,2-3,10,14-15H2,1H3,(H,28,29,31). The van der Waals surface area contributed by atoms with Crippen LogP contribution in [0, 0.1) is 6.92 Å². The summed E-state index contributed by atoms with van der Waals surface area (Å²) in [5.74, 6) is 1.05. The van der Waals surface area contributed by atoms with E-state index in [4.69, 9.17) is 4.98 Å². The molecule has 0 aliphatic carbocycles. The molecule has 31 heavy (non-hydrogen) atoms. The van der Waals surface area contributed by atoms with Crippen molar-refractivity contribution >= 4 is 10.9 Å². The van der Waals surface area contributed by atoms with Crippen molar-refractivity contribution in [2.45, 2.75) is 32.2 Å². The van der Waals surface area contributed by atoms with E-state index in [2.05, 4.69) is 44.1 Å². The van der Waals surface area contributed by atoms with Gasteiger partial charge in [-0.1, -0.05) is 35.9 Å². The molecule has 156 valence electrons. The van der Waals surface area contributed by atoms with Crippen molar-refractivity contribution in [3.05, 3.63) is 88.5 Å². The number of likely N-dealkylation sites (tertiary alicyclic amines) is 1. The lowest BCUT2D eigenvalue weighted by Gasteiger charge is -2.32. The first kappa shape index (κ1) is 19.6. The van der Waals surface area contributed by atoms with Gasteiger partial charge in [0.2, 0.25) is 0 Å². The number of aromatic nitrogens is 4. The summed E-state index contributed by atoms with van der Waals surface area (Å²) in [6.07, 6.45) is 7.35. The first-order valence-corrected chi connectivity index (χ1v) is 10.7. The van der Waals surface area contributed by atoms with Crippen LogP contribution in [0.25, 0.3) is 22.0 Å². The molecule has 2 aromatic heterocycles. The third-order valence-electron chi connectivity index (χ3n) is 6.03. The SMILES string of the molecule is Cc1ccc2nc(C3CCCN(Cc4ccc(-c5cncnc5)cc4)C3)[nH]c(=O)c2c1. The lowest BCUT2D eigenvalue weighted by Crippen LogP contribution is -2.35. The molecule has 1 aliphatic heterocycles. The van der Waals surface area contributed by atoms with Gasteiger partial charge < -0.3 is 4.98 Å². The second-order valence-electron chi connectivity index (χ2n) is 8.37. The fourth-order valence-corrected chi connectivity index (χ4v) is 4.40. The Balaban J connectivity index is 1.31. The first-order chi connectivity index (χ1) is 15.2. The van der Waals surface area contributed by atoms with Gasteiger partial charge in [0.25, 0.3) is 5.56 Å². The molecule has 1 fully saturated rings. The molecule has 1 unspecified atom stereocenters. The van der Waals surface area contributed by atoms with Gasteiger partial charge in [-0.15, -0.1) is 0 Å². The average Bonchev–Trinajstić information content (AvgIpc) is 2.81. The van der Waals surface area contributed by atoms with E-state index in [1.807, 2.05) is 37.5 Å². The van der Waals surface area contributed by atoms with Gasteiger partial charge in [-0.2, -0.15) is 0 Å². The molecule has 0 saturated carbocycles. The molecule has 5 rings (SSSR count). The Bertz CT molecular complexity index is 1250. The van der Waals surface area contributed by atoms with Crippen molar-refractivity contribution in [1.82, 2.24) is 24.8 Å². The van der Waals surface area contributed by atoms with E-state index in [-0.39, 0.29) is 11.5 Å². The molecule has 0 amide bonds. The van der Waals surface area contributed by atoms with E-state index in [0.29, 0.717) is 5.39 Å². The Labute approximate surface area is 181 Å². The number of rotatable bonds is 4. The van der Waals surface area contributed by atoms with Gasteiger partial charge in [0.1, 0.15) is 12.2 Å². The van der Waals surface area contributed by atoms with Crippen LogP contribution in [0.1, 0.15) is 35.7 Å². The Hall–Kier alpha value is -3.38. The number of benzene rings is 2. The molecule has 0 radical (unpaired) electrons. The smallest absolute Gasteiger partial charge is 0.258 e. The second kappa shape index (κ2) is 8.40. The quantitative estimate of drug-likeness (QED) is 0.548. The molecule has 1 N–H and O–H groups in total. The van der Waals surface area contributed by atoms with Gasteiger partial charge in [0.05, 0.1) is 10.9 Å². The summed E-state index contributed by atoms with van der Waals surface area (Å²) in [5.41, 5.74) is 5.23. The number of nitrogens with one attached hydrogen (secondary N) is 1. The summed E-state index contributed by atoms with van der Waals surface area (Å²) in [4.78, 5) is 31.1. The van der Waals surface area contributed by atoms with Crippen molar-refractivity contribution < 1.29 is 0 Å². The van der Waals surface area contributed by atoms with Crippen LogP contribution in [0.3, 0.4) is 0 Å². The predicted molar refractivity (Wildman–Crippen MR) is 122 cm³/mol. The van der Waals surface area contributed by atoms with Crippen LogP contribution in [0.15, 0.2) is 66.0 Å². The molecule has 1 saturated heterocycles. The van der Waals surface area contributed by atoms with Crippen LogP contribution in [0.4, 0.5) is 0 Å². The summed E-state index contributed by atoms with van der Waals surface area (Å²) in [6, 6.07) is 14.5. The summed E-state index contributed by atoms with van der Waals surface area (Å²) >= 11 is 0. The number of H-pyrrole nitrogens is 1. The highest BCUT2D eigenvalue weighted by atomic mass is 16.1. The Morgan fingerprint density at radius 1 is 1.06 bits per heavy atom. The zero-order chi connectivity index (χ0) is 21.2. The van der Waals surface area contributed by atoms with E-state index in [9.17, 15) is 4.79 Å². The maximum Gasteiger partial charge on any atom is 0.258 e. The van der Waals surface area contributed by atoms with Crippen LogP contribution < -0.4 is 5.56 Å². The Morgan fingerprint density at radius 3 is 2.68 bits per heavy atom. The van der Waals surface area contributed by atoms with E-state index < -0.39 is 0 Å². The largest absolute Gasteiger partial charge is 0.310 e. The maximum absolute atomic E-state index is 12.6. The van der Waals surface area contributed by atoms with Crippen molar-refractivity contribution in [1.29, 1.82) is 0 Å². The summed E-state index contributed by atoms with van der Waals surface area (Å²) in [5, 5.41) is 0.667. The number of piperidine rings is 1. The number of aryl methyl sites for hydroxylation is 1. The number of hydrogen-bond donors (Lipinski definition) is 1. The number of hydrogen-bond acceptors (Lipinski definition) is 5. The molecule has 6 nitrogen and oxygen atoms in total. The third kappa shape index (κ3) is 4.25. The van der Waals surface area contributed by atoms with Crippen LogP contribution in [-0.2, 0) is 6.54 Å². The number of nitrogens with zero attached hydrogens (tertiary/aromatic N) is 4. The minimum absolute atomic E-state index is 0.0405. The highest BCUT2D eigenvalue weighted by molar-refractivity contribution is 5.78. The van der Waals surface area contributed by atoms with Crippen molar-refractivity contribution in [3.63, 3.8) is 0 Å². The van der Waals surface area contributed by atoms with Crippen LogP contribution in [-0.4, -0.2) is 37.9 Å². The third-order valence-corrected chi connectivity index (χ3v) is 6.03. The minimum atomic E-state index is -0.0405. The zero-order valence-electron chi connectivity index (χ0n) is 17.6. The van der Waals surface area contributed by atoms with Gasteiger partial charge in [0, 0.05) is 37.0 Å². The molecule has 3 heterocycles. The minimum Gasteiger partial charge on any atom is -0.310 e. The van der Waals surface area contributed by atoms with Gasteiger partial charge in [-0.3, -0.25) is 9.69 Å². The average molecular weight is 412 g/mol. The maximum atomic E-state index is 12.6. The van der Waals surface area contributed by atoms with Crippen LogP contribution in [0.5, 0.6) is 0 Å². The highest BCUT2D eigenvalue weighted by Gasteiger charge is 2.24. The molecule has 4 aromatic rings. The Kier molecular flexibility index (Phi) is 5.30. The van der Waals surface area contributed by atoms with E-state index in [1.54, 1.807) is 6.33 Å². The van der Waals surface area contributed by atoms with E-state index in [0.717, 1.165) is 60.5 Å². The molecule has 2 aromatic carbocycles. The lowest BCUT2D eigenvalue weighted by atomic mass is 9.96. The molecule has 1 atom stereocenters. The van der Waals surface area contributed by atoms with Gasteiger partial charge in [0.15, 0.2) is 0 Å². The molecule has 1 aliphatic rings. The van der Waals surface area contributed by atoms with E-state index >= 15 is 0 Å². The van der Waals surface area contributed by atoms with Crippen molar-refractivity contribution in [3.8, 4) is 11.1 Å². The predicted octanol–water partition coefficient (Wildman–Crippen LogP) is 4.07. The molecular formula is C25H25N5O. The Morgan fingerprint density at radius 2 is 1.87 bits per heavy atom. The van der Waals surface area contributed by atoms with Gasteiger partial charge in [-0.05, 0) is 49.6 Å². The first-order valence-electron chi connectivity index (χ1n) is 10.7.